The number of aliphatic carboxylic acids is 1. The highest BCUT2D eigenvalue weighted by Gasteiger charge is 2.36. The van der Waals surface area contributed by atoms with Crippen molar-refractivity contribution in [1.82, 2.24) is 36.4 Å². The second kappa shape index (κ2) is 19.6. The fourth-order valence-corrected chi connectivity index (χ4v) is 5.58. The molecular formula is C27H43N9O10S2. The number of rotatable bonds is 18. The van der Waals surface area contributed by atoms with E-state index in [9.17, 15) is 48.3 Å². The van der Waals surface area contributed by atoms with Crippen LogP contribution in [0.5, 0.6) is 0 Å². The van der Waals surface area contributed by atoms with Gasteiger partial charge in [-0.2, -0.15) is 25.3 Å². The van der Waals surface area contributed by atoms with Crippen molar-refractivity contribution in [1.29, 1.82) is 0 Å². The van der Waals surface area contributed by atoms with Crippen LogP contribution in [0.2, 0.25) is 0 Å². The zero-order chi connectivity index (χ0) is 36.0. The quantitative estimate of drug-likeness (QED) is 0.0598. The summed E-state index contributed by atoms with van der Waals surface area (Å²) >= 11 is 8.10. The van der Waals surface area contributed by atoms with E-state index in [1.165, 1.54) is 9.80 Å². The molecule has 0 bridgehead atoms. The summed E-state index contributed by atoms with van der Waals surface area (Å²) in [7, 11) is 0. The number of hydrogen-bond donors (Lipinski definition) is 10. The second-order valence-corrected chi connectivity index (χ2v) is 11.9. The number of primary amides is 1. The second-order valence-electron chi connectivity index (χ2n) is 11.1. The highest BCUT2D eigenvalue weighted by Crippen LogP contribution is 2.18. The fourth-order valence-electron chi connectivity index (χ4n) is 5.06. The number of amides is 8. The predicted octanol–water partition coefficient (Wildman–Crippen LogP) is -5.18. The maximum absolute atomic E-state index is 12.9. The average molecular weight is 718 g/mol. The van der Waals surface area contributed by atoms with Gasteiger partial charge in [0.2, 0.25) is 47.3 Å². The van der Waals surface area contributed by atoms with E-state index in [-0.39, 0.29) is 37.4 Å². The van der Waals surface area contributed by atoms with Crippen LogP contribution in [0.4, 0.5) is 0 Å². The monoisotopic (exact) mass is 717 g/mol. The first-order valence-electron chi connectivity index (χ1n) is 15.2. The van der Waals surface area contributed by atoms with Gasteiger partial charge in [0, 0.05) is 31.0 Å². The maximum atomic E-state index is 12.9. The number of nitrogens with zero attached hydrogens (tertiary/aromatic N) is 2. The van der Waals surface area contributed by atoms with Gasteiger partial charge in [-0.25, -0.2) is 4.79 Å². The normalized spacial score (nSPS) is 19.0. The third-order valence-electron chi connectivity index (χ3n) is 7.67. The molecule has 0 aromatic rings. The van der Waals surface area contributed by atoms with E-state index in [0.717, 1.165) is 0 Å². The zero-order valence-corrected chi connectivity index (χ0v) is 27.9. The van der Waals surface area contributed by atoms with Crippen molar-refractivity contribution in [3.05, 3.63) is 0 Å². The number of nitrogens with two attached hydrogens (primary N) is 2. The minimum absolute atomic E-state index is 0.0231. The van der Waals surface area contributed by atoms with E-state index in [1.54, 1.807) is 0 Å². The Hall–Kier alpha value is -4.11. The summed E-state index contributed by atoms with van der Waals surface area (Å²) in [6.07, 6.45) is 1.47. The van der Waals surface area contributed by atoms with E-state index in [1.807, 2.05) is 0 Å². The molecule has 0 unspecified atom stereocenters. The summed E-state index contributed by atoms with van der Waals surface area (Å²) in [6, 6.07) is -5.28. The molecule has 2 saturated heterocycles. The number of thiol groups is 2. The first-order valence-corrected chi connectivity index (χ1v) is 16.5. The van der Waals surface area contributed by atoms with E-state index in [0.29, 0.717) is 25.7 Å². The molecule has 0 saturated carbocycles. The Labute approximate surface area is 287 Å². The SMILES string of the molecule is NC(=O)CC[C@H](N)C(=O)N[C@@H](CS)C(=O)NCC(=O)N1CCC[C@H]1C(=O)NCC(=O)N[C@@H](CS)C(=O)NCC(=O)N1CCC[C@H]1C(=O)O. The van der Waals surface area contributed by atoms with Crippen molar-refractivity contribution in [2.24, 2.45) is 11.5 Å². The molecule has 2 heterocycles. The van der Waals surface area contributed by atoms with Crippen LogP contribution in [0.15, 0.2) is 0 Å². The number of nitrogens with one attached hydrogen (secondary N) is 5. The van der Waals surface area contributed by atoms with Crippen molar-refractivity contribution in [2.45, 2.75) is 68.7 Å². The standard InChI is InChI=1S/C27H43N9O10S2/c28-14(5-6-19(29)37)23(41)34-16(13-48)25(43)32-10-21(39)35-7-1-3-17(35)26(44)30-9-20(38)33-15(12-47)24(42)31-11-22(40)36-8-2-4-18(36)27(45)46/h14-18,47-48H,1-13,28H2,(H2,29,37)(H,30,44)(H,31,42)(H,32,43)(H,33,38)(H,34,41)(H,45,46)/t14-,15-,16-,17-,18-/m0/s1. The number of carboxylic acids is 1. The van der Waals surface area contributed by atoms with Gasteiger partial charge in [-0.3, -0.25) is 38.4 Å². The van der Waals surface area contributed by atoms with Crippen LogP contribution in [0.1, 0.15) is 38.5 Å². The Morgan fingerprint density at radius 2 is 1.23 bits per heavy atom. The molecule has 48 heavy (non-hydrogen) atoms. The molecule has 0 spiro atoms. The van der Waals surface area contributed by atoms with Crippen molar-refractivity contribution in [3.63, 3.8) is 0 Å². The van der Waals surface area contributed by atoms with Gasteiger partial charge in [-0.15, -0.1) is 0 Å². The van der Waals surface area contributed by atoms with Gasteiger partial charge in [0.15, 0.2) is 0 Å². The molecule has 2 aliphatic rings. The molecule has 0 aromatic heterocycles. The first-order chi connectivity index (χ1) is 22.7. The maximum Gasteiger partial charge on any atom is 0.326 e. The minimum atomic E-state index is -1.16. The van der Waals surface area contributed by atoms with Crippen LogP contribution in [-0.4, -0.2) is 143 Å². The van der Waals surface area contributed by atoms with E-state index in [4.69, 9.17) is 11.5 Å². The lowest BCUT2D eigenvalue weighted by Crippen LogP contribution is -2.55. The van der Waals surface area contributed by atoms with Gasteiger partial charge in [0.1, 0.15) is 24.2 Å². The largest absolute Gasteiger partial charge is 0.480 e. The summed E-state index contributed by atoms with van der Waals surface area (Å²) < 4.78 is 0. The molecule has 268 valence electrons. The average Bonchev–Trinajstić information content (AvgIpc) is 3.76. The van der Waals surface area contributed by atoms with Crippen molar-refractivity contribution >= 4 is 78.5 Å². The zero-order valence-electron chi connectivity index (χ0n) is 26.1. The fraction of sp³-hybridized carbons (Fsp3) is 0.667. The molecule has 0 aromatic carbocycles. The lowest BCUT2D eigenvalue weighted by molar-refractivity contribution is -0.148. The third-order valence-corrected chi connectivity index (χ3v) is 8.40. The highest BCUT2D eigenvalue weighted by molar-refractivity contribution is 7.80. The Kier molecular flexibility index (Phi) is 16.4. The topological polar surface area (TPSA) is 293 Å². The molecule has 8 amide bonds. The molecule has 5 atom stereocenters. The summed E-state index contributed by atoms with van der Waals surface area (Å²) in [6.45, 7) is -1.03. The van der Waals surface area contributed by atoms with Gasteiger partial charge in [0.25, 0.3) is 0 Å². The summed E-state index contributed by atoms with van der Waals surface area (Å²) in [5, 5.41) is 21.2. The van der Waals surface area contributed by atoms with Gasteiger partial charge in [0.05, 0.1) is 25.7 Å². The number of likely N-dealkylation sites (tertiary alicyclic amines) is 2. The Balaban J connectivity index is 1.80. The summed E-state index contributed by atoms with van der Waals surface area (Å²) in [5.41, 5.74) is 10.8. The first kappa shape index (κ1) is 40.1. The van der Waals surface area contributed by atoms with E-state index in [2.05, 4.69) is 51.8 Å². The van der Waals surface area contributed by atoms with Crippen LogP contribution >= 0.6 is 25.3 Å². The Morgan fingerprint density at radius 1 is 0.729 bits per heavy atom. The van der Waals surface area contributed by atoms with Gasteiger partial charge in [-0.1, -0.05) is 0 Å². The molecular weight excluding hydrogens is 674 g/mol. The van der Waals surface area contributed by atoms with Gasteiger partial charge >= 0.3 is 5.97 Å². The molecule has 0 radical (unpaired) electrons. The Bertz CT molecular complexity index is 1260. The van der Waals surface area contributed by atoms with Crippen molar-refractivity contribution < 1.29 is 48.3 Å². The Morgan fingerprint density at radius 3 is 1.73 bits per heavy atom. The van der Waals surface area contributed by atoms with Crippen LogP contribution in [0.25, 0.3) is 0 Å². The predicted molar refractivity (Wildman–Crippen MR) is 174 cm³/mol. The molecule has 2 aliphatic heterocycles. The minimum Gasteiger partial charge on any atom is -0.480 e. The highest BCUT2D eigenvalue weighted by atomic mass is 32.1. The number of carbonyl (C=O) groups is 9. The summed E-state index contributed by atoms with van der Waals surface area (Å²) in [5.74, 6) is -6.73. The molecule has 10 N–H and O–H groups in total. The number of hydrogen-bond acceptors (Lipinski definition) is 12. The third kappa shape index (κ3) is 12.2. The van der Waals surface area contributed by atoms with Crippen molar-refractivity contribution in [2.75, 3.05) is 44.2 Å². The lowest BCUT2D eigenvalue weighted by Gasteiger charge is -2.25. The molecule has 2 rings (SSSR count). The van der Waals surface area contributed by atoms with E-state index < -0.39 is 103 Å². The van der Waals surface area contributed by atoms with Gasteiger partial charge in [-0.05, 0) is 32.1 Å². The van der Waals surface area contributed by atoms with E-state index >= 15 is 0 Å². The van der Waals surface area contributed by atoms with Crippen LogP contribution in [0.3, 0.4) is 0 Å². The summed E-state index contributed by atoms with van der Waals surface area (Å²) in [4.78, 5) is 113. The molecule has 2 fully saturated rings. The molecule has 19 nitrogen and oxygen atoms in total. The molecule has 21 heteroatoms. The lowest BCUT2D eigenvalue weighted by atomic mass is 10.1. The molecule has 0 aliphatic carbocycles. The van der Waals surface area contributed by atoms with Crippen LogP contribution < -0.4 is 38.1 Å². The van der Waals surface area contributed by atoms with Gasteiger partial charge < -0.3 is 53.0 Å². The number of carboxylic acid groups (broad SMARTS) is 1. The van der Waals surface area contributed by atoms with Crippen LogP contribution in [-0.2, 0) is 43.2 Å². The number of carbonyl (C=O) groups excluding carboxylic acids is 8. The van der Waals surface area contributed by atoms with Crippen LogP contribution in [0, 0.1) is 0 Å². The van der Waals surface area contributed by atoms with Crippen molar-refractivity contribution in [3.8, 4) is 0 Å². The smallest absolute Gasteiger partial charge is 0.326 e.